The first-order valence-electron chi connectivity index (χ1n) is 6.11. The topological polar surface area (TPSA) is 67.0 Å². The van der Waals surface area contributed by atoms with Crippen molar-refractivity contribution in [3.63, 3.8) is 0 Å². The number of ether oxygens (including phenoxy) is 1. The van der Waals surface area contributed by atoms with E-state index in [-0.39, 0.29) is 17.9 Å². The molecule has 0 bridgehead atoms. The normalized spacial score (nSPS) is 23.4. The molecule has 1 fully saturated rings. The summed E-state index contributed by atoms with van der Waals surface area (Å²) in [5, 5.41) is 2.77. The van der Waals surface area contributed by atoms with Crippen molar-refractivity contribution < 1.29 is 9.53 Å². The first kappa shape index (κ1) is 11.2. The highest BCUT2D eigenvalue weighted by atomic mass is 16.5. The van der Waals surface area contributed by atoms with Crippen LogP contribution < -0.4 is 5.32 Å². The molecule has 2 unspecified atom stereocenters. The molecule has 1 amide bonds. The van der Waals surface area contributed by atoms with Gasteiger partial charge >= 0.3 is 0 Å². The van der Waals surface area contributed by atoms with Crippen LogP contribution in [-0.2, 0) is 9.53 Å². The van der Waals surface area contributed by atoms with Gasteiger partial charge in [-0.15, -0.1) is 0 Å². The summed E-state index contributed by atoms with van der Waals surface area (Å²) in [4.78, 5) is 19.4. The Hall–Kier alpha value is -1.88. The number of H-pyrrole nitrogens is 1. The van der Waals surface area contributed by atoms with E-state index < -0.39 is 0 Å². The number of hydrogen-bond donors (Lipinski definition) is 2. The molecule has 1 aliphatic heterocycles. The second-order valence-electron chi connectivity index (χ2n) is 4.65. The van der Waals surface area contributed by atoms with E-state index in [1.165, 1.54) is 0 Å². The number of para-hydroxylation sites is 2. The van der Waals surface area contributed by atoms with Gasteiger partial charge < -0.3 is 9.72 Å². The highest BCUT2D eigenvalue weighted by molar-refractivity contribution is 5.94. The van der Waals surface area contributed by atoms with Crippen molar-refractivity contribution >= 4 is 22.9 Å². The van der Waals surface area contributed by atoms with Crippen molar-refractivity contribution in [3.05, 3.63) is 24.3 Å². The van der Waals surface area contributed by atoms with Crippen LogP contribution in [0, 0.1) is 5.92 Å². The molecule has 0 aliphatic carbocycles. The molecular weight excluding hydrogens is 230 g/mol. The lowest BCUT2D eigenvalue weighted by molar-refractivity contribution is -0.126. The minimum atomic E-state index is -0.363. The zero-order valence-electron chi connectivity index (χ0n) is 10.1. The van der Waals surface area contributed by atoms with E-state index in [2.05, 4.69) is 15.3 Å². The predicted molar refractivity (Wildman–Crippen MR) is 68.2 cm³/mol. The molecule has 5 nitrogen and oxygen atoms in total. The van der Waals surface area contributed by atoms with E-state index in [0.717, 1.165) is 17.5 Å². The molecule has 2 aromatic rings. The van der Waals surface area contributed by atoms with Crippen molar-refractivity contribution in [2.24, 2.45) is 5.92 Å². The number of amides is 1. The summed E-state index contributed by atoms with van der Waals surface area (Å²) < 4.78 is 5.42. The van der Waals surface area contributed by atoms with Gasteiger partial charge in [-0.1, -0.05) is 19.1 Å². The molecule has 5 heteroatoms. The van der Waals surface area contributed by atoms with Crippen LogP contribution in [-0.4, -0.2) is 28.6 Å². The molecule has 18 heavy (non-hydrogen) atoms. The van der Waals surface area contributed by atoms with Crippen molar-refractivity contribution in [2.45, 2.75) is 19.4 Å². The Bertz CT molecular complexity index is 545. The third kappa shape index (κ3) is 1.97. The van der Waals surface area contributed by atoms with Gasteiger partial charge in [0, 0.05) is 6.61 Å². The van der Waals surface area contributed by atoms with Gasteiger partial charge in [-0.2, -0.15) is 0 Å². The van der Waals surface area contributed by atoms with Gasteiger partial charge in [-0.05, 0) is 24.5 Å². The van der Waals surface area contributed by atoms with Crippen LogP contribution in [0.3, 0.4) is 0 Å². The third-order valence-corrected chi connectivity index (χ3v) is 3.28. The van der Waals surface area contributed by atoms with Gasteiger partial charge in [0.2, 0.25) is 5.95 Å². The smallest absolute Gasteiger partial charge is 0.256 e. The fourth-order valence-electron chi connectivity index (χ4n) is 2.23. The molecule has 3 rings (SSSR count). The number of rotatable bonds is 2. The van der Waals surface area contributed by atoms with Gasteiger partial charge in [-0.25, -0.2) is 4.98 Å². The summed E-state index contributed by atoms with van der Waals surface area (Å²) in [6, 6.07) is 7.66. The highest BCUT2D eigenvalue weighted by Crippen LogP contribution is 2.21. The second-order valence-corrected chi connectivity index (χ2v) is 4.65. The predicted octanol–water partition coefficient (Wildman–Crippen LogP) is 1.93. The number of fused-ring (bicyclic) bond motifs is 1. The monoisotopic (exact) mass is 245 g/mol. The minimum absolute atomic E-state index is 0.126. The van der Waals surface area contributed by atoms with Crippen LogP contribution >= 0.6 is 0 Å². The van der Waals surface area contributed by atoms with E-state index in [1.54, 1.807) is 0 Å². The summed E-state index contributed by atoms with van der Waals surface area (Å²) in [7, 11) is 0. The van der Waals surface area contributed by atoms with Crippen LogP contribution in [0.2, 0.25) is 0 Å². The molecule has 1 saturated heterocycles. The largest absolute Gasteiger partial charge is 0.368 e. The van der Waals surface area contributed by atoms with E-state index in [4.69, 9.17) is 4.74 Å². The Morgan fingerprint density at radius 3 is 3.06 bits per heavy atom. The number of benzene rings is 1. The molecule has 1 aliphatic rings. The molecule has 2 atom stereocenters. The van der Waals surface area contributed by atoms with Crippen LogP contribution in [0.4, 0.5) is 5.95 Å². The summed E-state index contributed by atoms with van der Waals surface area (Å²) in [5.74, 6) is 0.609. The van der Waals surface area contributed by atoms with Gasteiger partial charge in [0.15, 0.2) is 0 Å². The van der Waals surface area contributed by atoms with Crippen LogP contribution in [0.1, 0.15) is 13.3 Å². The molecule has 2 N–H and O–H groups in total. The lowest BCUT2D eigenvalue weighted by atomic mass is 10.0. The number of imidazole rings is 1. The average molecular weight is 245 g/mol. The van der Waals surface area contributed by atoms with Gasteiger partial charge in [0.1, 0.15) is 6.10 Å². The van der Waals surface area contributed by atoms with E-state index in [1.807, 2.05) is 31.2 Å². The summed E-state index contributed by atoms with van der Waals surface area (Å²) >= 11 is 0. The van der Waals surface area contributed by atoms with Gasteiger partial charge in [0.05, 0.1) is 11.0 Å². The number of carbonyl (C=O) groups is 1. The zero-order valence-corrected chi connectivity index (χ0v) is 10.1. The maximum absolute atomic E-state index is 12.0. The van der Waals surface area contributed by atoms with E-state index >= 15 is 0 Å². The molecule has 0 saturated carbocycles. The standard InChI is InChI=1S/C13H15N3O2/c1-8-6-7-18-11(8)12(17)16-13-14-9-4-2-3-5-10(9)15-13/h2-5,8,11H,6-7H2,1H3,(H2,14,15,16,17). The average Bonchev–Trinajstić information content (AvgIpc) is 2.94. The third-order valence-electron chi connectivity index (χ3n) is 3.28. The van der Waals surface area contributed by atoms with E-state index in [0.29, 0.717) is 12.6 Å². The Balaban J connectivity index is 1.77. The first-order chi connectivity index (χ1) is 8.74. The molecule has 94 valence electrons. The Labute approximate surface area is 105 Å². The molecule has 2 heterocycles. The van der Waals surface area contributed by atoms with Crippen LogP contribution in [0.25, 0.3) is 11.0 Å². The quantitative estimate of drug-likeness (QED) is 0.849. The summed E-state index contributed by atoms with van der Waals surface area (Å²) in [6.07, 6.45) is 0.566. The molecule has 1 aromatic carbocycles. The number of nitrogens with one attached hydrogen (secondary N) is 2. The van der Waals surface area contributed by atoms with Crippen molar-refractivity contribution in [1.82, 2.24) is 9.97 Å². The van der Waals surface area contributed by atoms with Crippen LogP contribution in [0.15, 0.2) is 24.3 Å². The Kier molecular flexibility index (Phi) is 2.76. The SMILES string of the molecule is CC1CCOC1C(=O)Nc1nc2ccccc2[nH]1. The molecule has 1 aromatic heterocycles. The number of carbonyl (C=O) groups excluding carboxylic acids is 1. The summed E-state index contributed by atoms with van der Waals surface area (Å²) in [5.41, 5.74) is 1.75. The fourth-order valence-corrected chi connectivity index (χ4v) is 2.23. The Morgan fingerprint density at radius 2 is 2.33 bits per heavy atom. The number of aromatic nitrogens is 2. The highest BCUT2D eigenvalue weighted by Gasteiger charge is 2.31. The first-order valence-corrected chi connectivity index (χ1v) is 6.11. The van der Waals surface area contributed by atoms with Gasteiger partial charge in [0.25, 0.3) is 5.91 Å². The molecule has 0 spiro atoms. The molecule has 0 radical (unpaired) electrons. The second kappa shape index (κ2) is 4.42. The maximum atomic E-state index is 12.0. The number of aromatic amines is 1. The zero-order chi connectivity index (χ0) is 12.5. The summed E-state index contributed by atoms with van der Waals surface area (Å²) in [6.45, 7) is 2.68. The van der Waals surface area contributed by atoms with Crippen LogP contribution in [0.5, 0.6) is 0 Å². The Morgan fingerprint density at radius 1 is 1.50 bits per heavy atom. The fraction of sp³-hybridized carbons (Fsp3) is 0.385. The lowest BCUT2D eigenvalue weighted by Crippen LogP contribution is -2.31. The lowest BCUT2D eigenvalue weighted by Gasteiger charge is -2.12. The van der Waals surface area contributed by atoms with Crippen molar-refractivity contribution in [1.29, 1.82) is 0 Å². The maximum Gasteiger partial charge on any atom is 0.256 e. The van der Waals surface area contributed by atoms with E-state index in [9.17, 15) is 4.79 Å². The van der Waals surface area contributed by atoms with Gasteiger partial charge in [-0.3, -0.25) is 10.1 Å². The number of anilines is 1. The number of hydrogen-bond acceptors (Lipinski definition) is 3. The minimum Gasteiger partial charge on any atom is -0.368 e. The molecular formula is C13H15N3O2. The number of nitrogens with zero attached hydrogens (tertiary/aromatic N) is 1. The van der Waals surface area contributed by atoms with Crippen molar-refractivity contribution in [3.8, 4) is 0 Å². The van der Waals surface area contributed by atoms with Crippen molar-refractivity contribution in [2.75, 3.05) is 11.9 Å².